The van der Waals surface area contributed by atoms with Crippen molar-refractivity contribution in [2.45, 2.75) is 19.3 Å². The van der Waals surface area contributed by atoms with Crippen molar-refractivity contribution >= 4 is 43.8 Å². The number of esters is 2. The fourth-order valence-corrected chi connectivity index (χ4v) is 4.50. The van der Waals surface area contributed by atoms with Crippen LogP contribution in [0.15, 0.2) is 45.3 Å². The quantitative estimate of drug-likeness (QED) is 0.314. The van der Waals surface area contributed by atoms with Crippen LogP contribution >= 0.6 is 31.9 Å². The molecule has 1 aliphatic rings. The van der Waals surface area contributed by atoms with E-state index in [4.69, 9.17) is 18.9 Å². The Bertz CT molecular complexity index is 882. The molecule has 1 aliphatic carbocycles. The highest BCUT2D eigenvalue weighted by Gasteiger charge is 2.44. The fourth-order valence-electron chi connectivity index (χ4n) is 3.77. The summed E-state index contributed by atoms with van der Waals surface area (Å²) in [4.78, 5) is 22.1. The van der Waals surface area contributed by atoms with Gasteiger partial charge in [0, 0.05) is 22.8 Å². The molecule has 2 aromatic rings. The van der Waals surface area contributed by atoms with Gasteiger partial charge in [-0.3, -0.25) is 9.59 Å². The molecule has 0 aromatic heterocycles. The van der Waals surface area contributed by atoms with Crippen LogP contribution in [0.3, 0.4) is 0 Å². The van der Waals surface area contributed by atoms with Crippen molar-refractivity contribution in [2.24, 2.45) is 0 Å². The zero-order valence-corrected chi connectivity index (χ0v) is 20.6. The van der Waals surface area contributed by atoms with E-state index >= 15 is 0 Å². The van der Waals surface area contributed by atoms with E-state index in [9.17, 15) is 9.59 Å². The van der Waals surface area contributed by atoms with Gasteiger partial charge < -0.3 is 18.9 Å². The Morgan fingerprint density at radius 1 is 0.742 bits per heavy atom. The van der Waals surface area contributed by atoms with Crippen LogP contribution in [-0.2, 0) is 34.0 Å². The standard InChI is InChI=1S/C23H24Br2O6/c1-15(26)30-9-7-28-13-23(14-29-8-10-31-16(2)27)21-11-17(24)3-5-19(21)20-6-4-18(25)12-22(20)23/h3-6,11-12H,7-10,13-14H2,1-2H3. The first kappa shape index (κ1) is 23.9. The lowest BCUT2D eigenvalue weighted by atomic mass is 9.79. The molecule has 0 bridgehead atoms. The van der Waals surface area contributed by atoms with Gasteiger partial charge in [0.05, 0.1) is 31.8 Å². The summed E-state index contributed by atoms with van der Waals surface area (Å²) in [6.45, 7) is 4.37. The number of halogens is 2. The van der Waals surface area contributed by atoms with Gasteiger partial charge in [0.25, 0.3) is 0 Å². The SMILES string of the molecule is CC(=O)OCCOCC1(COCCOC(C)=O)c2cc(Br)ccc2-c2ccc(Br)cc21. The zero-order valence-electron chi connectivity index (χ0n) is 17.4. The maximum absolute atomic E-state index is 11.0. The Balaban J connectivity index is 1.90. The first-order valence-corrected chi connectivity index (χ1v) is 11.4. The second-order valence-electron chi connectivity index (χ2n) is 7.25. The first-order valence-electron chi connectivity index (χ1n) is 9.86. The van der Waals surface area contributed by atoms with Crippen LogP contribution in [0, 0.1) is 0 Å². The van der Waals surface area contributed by atoms with Crippen LogP contribution in [0.25, 0.3) is 11.1 Å². The third-order valence-electron chi connectivity index (χ3n) is 5.05. The summed E-state index contributed by atoms with van der Waals surface area (Å²) < 4.78 is 23.9. The van der Waals surface area contributed by atoms with Gasteiger partial charge in [0.2, 0.25) is 0 Å². The number of carbonyl (C=O) groups is 2. The van der Waals surface area contributed by atoms with Crippen molar-refractivity contribution in [3.05, 3.63) is 56.5 Å². The average Bonchev–Trinajstić information content (AvgIpc) is 2.96. The van der Waals surface area contributed by atoms with Crippen LogP contribution < -0.4 is 0 Å². The maximum atomic E-state index is 11.0. The van der Waals surface area contributed by atoms with Gasteiger partial charge in [-0.25, -0.2) is 0 Å². The fraction of sp³-hybridized carbons (Fsp3) is 0.391. The van der Waals surface area contributed by atoms with Gasteiger partial charge in [-0.2, -0.15) is 0 Å². The largest absolute Gasteiger partial charge is 0.463 e. The highest BCUT2D eigenvalue weighted by molar-refractivity contribution is 9.10. The van der Waals surface area contributed by atoms with Crippen molar-refractivity contribution in [1.82, 2.24) is 0 Å². The monoisotopic (exact) mass is 554 g/mol. The molecule has 0 radical (unpaired) electrons. The average molecular weight is 556 g/mol. The van der Waals surface area contributed by atoms with Crippen LogP contribution in [-0.4, -0.2) is 51.6 Å². The molecule has 0 aliphatic heterocycles. The molecule has 0 spiro atoms. The van der Waals surface area contributed by atoms with Crippen molar-refractivity contribution in [3.8, 4) is 11.1 Å². The van der Waals surface area contributed by atoms with E-state index in [0.29, 0.717) is 13.2 Å². The summed E-state index contributed by atoms with van der Waals surface area (Å²) in [6.07, 6.45) is 0. The summed E-state index contributed by atoms with van der Waals surface area (Å²) in [5.74, 6) is -0.673. The number of fused-ring (bicyclic) bond motifs is 3. The number of hydrogen-bond donors (Lipinski definition) is 0. The van der Waals surface area contributed by atoms with E-state index in [0.717, 1.165) is 31.2 Å². The second kappa shape index (κ2) is 10.7. The van der Waals surface area contributed by atoms with E-state index in [2.05, 4.69) is 56.1 Å². The number of rotatable bonds is 10. The minimum absolute atomic E-state index is 0.190. The first-order chi connectivity index (χ1) is 14.8. The van der Waals surface area contributed by atoms with Gasteiger partial charge in [0.1, 0.15) is 13.2 Å². The number of carbonyl (C=O) groups excluding carboxylic acids is 2. The predicted molar refractivity (Wildman–Crippen MR) is 123 cm³/mol. The Hall–Kier alpha value is -1.74. The number of benzene rings is 2. The molecule has 0 fully saturated rings. The Morgan fingerprint density at radius 2 is 1.16 bits per heavy atom. The van der Waals surface area contributed by atoms with E-state index < -0.39 is 5.41 Å². The third-order valence-corrected chi connectivity index (χ3v) is 6.03. The number of hydrogen-bond acceptors (Lipinski definition) is 6. The molecule has 0 atom stereocenters. The smallest absolute Gasteiger partial charge is 0.302 e. The Morgan fingerprint density at radius 3 is 1.55 bits per heavy atom. The van der Waals surface area contributed by atoms with Gasteiger partial charge >= 0.3 is 11.9 Å². The molecule has 6 nitrogen and oxygen atoms in total. The van der Waals surface area contributed by atoms with E-state index in [1.54, 1.807) is 0 Å². The lowest BCUT2D eigenvalue weighted by Crippen LogP contribution is -2.37. The summed E-state index contributed by atoms with van der Waals surface area (Å²) in [7, 11) is 0. The molecule has 0 amide bonds. The minimum atomic E-state index is -0.565. The van der Waals surface area contributed by atoms with Crippen molar-refractivity contribution in [3.63, 3.8) is 0 Å². The molecule has 8 heteroatoms. The topological polar surface area (TPSA) is 71.1 Å². The Kier molecular flexibility index (Phi) is 8.27. The molecule has 0 unspecified atom stereocenters. The van der Waals surface area contributed by atoms with Crippen LogP contribution in [0.5, 0.6) is 0 Å². The van der Waals surface area contributed by atoms with E-state index in [1.807, 2.05) is 12.1 Å². The highest BCUT2D eigenvalue weighted by Crippen LogP contribution is 2.50. The lowest BCUT2D eigenvalue weighted by molar-refractivity contribution is -0.143. The lowest BCUT2D eigenvalue weighted by Gasteiger charge is -2.32. The molecular weight excluding hydrogens is 532 g/mol. The van der Waals surface area contributed by atoms with Crippen molar-refractivity contribution in [1.29, 1.82) is 0 Å². The minimum Gasteiger partial charge on any atom is -0.463 e. The molecule has 2 aromatic carbocycles. The normalized spacial score (nSPS) is 13.4. The number of ether oxygens (including phenoxy) is 4. The van der Waals surface area contributed by atoms with Crippen LogP contribution in [0.4, 0.5) is 0 Å². The van der Waals surface area contributed by atoms with E-state index in [-0.39, 0.29) is 38.4 Å². The van der Waals surface area contributed by atoms with Gasteiger partial charge in [-0.05, 0) is 46.5 Å². The predicted octanol–water partition coefficient (Wildman–Crippen LogP) is 4.64. The van der Waals surface area contributed by atoms with Gasteiger partial charge in [-0.1, -0.05) is 44.0 Å². The van der Waals surface area contributed by atoms with Gasteiger partial charge in [-0.15, -0.1) is 0 Å². The summed E-state index contributed by atoms with van der Waals surface area (Å²) in [5, 5.41) is 0. The zero-order chi connectivity index (χ0) is 22.4. The molecule has 0 saturated heterocycles. The molecule has 0 N–H and O–H groups in total. The molecule has 166 valence electrons. The molecule has 0 saturated carbocycles. The van der Waals surface area contributed by atoms with Crippen molar-refractivity contribution in [2.75, 3.05) is 39.6 Å². The summed E-state index contributed by atoms with van der Waals surface area (Å²) >= 11 is 7.18. The Labute approximate surface area is 198 Å². The molecular formula is C23H24Br2O6. The molecule has 0 heterocycles. The highest BCUT2D eigenvalue weighted by atomic mass is 79.9. The maximum Gasteiger partial charge on any atom is 0.302 e. The van der Waals surface area contributed by atoms with E-state index in [1.165, 1.54) is 13.8 Å². The summed E-state index contributed by atoms with van der Waals surface area (Å²) in [5.41, 5.74) is 3.87. The summed E-state index contributed by atoms with van der Waals surface area (Å²) in [6, 6.07) is 12.4. The van der Waals surface area contributed by atoms with Gasteiger partial charge in [0.15, 0.2) is 0 Å². The molecule has 3 rings (SSSR count). The van der Waals surface area contributed by atoms with Crippen molar-refractivity contribution < 1.29 is 28.5 Å². The van der Waals surface area contributed by atoms with Crippen LogP contribution in [0.1, 0.15) is 25.0 Å². The third kappa shape index (κ3) is 5.74. The second-order valence-corrected chi connectivity index (χ2v) is 9.08. The van der Waals surface area contributed by atoms with Crippen LogP contribution in [0.2, 0.25) is 0 Å². The molecule has 31 heavy (non-hydrogen) atoms.